The van der Waals surface area contributed by atoms with Crippen LogP contribution in [0.3, 0.4) is 0 Å². The summed E-state index contributed by atoms with van der Waals surface area (Å²) in [4.78, 5) is 0. The third-order valence-electron chi connectivity index (χ3n) is 0.957. The van der Waals surface area contributed by atoms with Crippen LogP contribution in [-0.2, 0) is 4.74 Å². The maximum atomic E-state index is 7.07. The third-order valence-corrected chi connectivity index (χ3v) is 0.957. The lowest BCUT2D eigenvalue weighted by Crippen LogP contribution is -2.28. The first kappa shape index (κ1) is 13.4. The summed E-state index contributed by atoms with van der Waals surface area (Å²) in [7, 11) is 0. The summed E-state index contributed by atoms with van der Waals surface area (Å²) >= 11 is 0. The lowest BCUT2D eigenvalue weighted by molar-refractivity contribution is 0.0684. The molecule has 4 nitrogen and oxygen atoms in total. The van der Waals surface area contributed by atoms with Crippen molar-refractivity contribution in [2.45, 2.75) is 19.6 Å². The Balaban J connectivity index is 0. The van der Waals surface area contributed by atoms with E-state index in [-0.39, 0.29) is 18.6 Å². The number of nitrogens with one attached hydrogen (secondary N) is 1. The van der Waals surface area contributed by atoms with Crippen molar-refractivity contribution in [2.24, 2.45) is 11.5 Å². The van der Waals surface area contributed by atoms with Gasteiger partial charge >= 0.3 is 0 Å². The first-order valence-electron chi connectivity index (χ1n) is 3.28. The summed E-state index contributed by atoms with van der Waals surface area (Å²) in [5.74, 6) is 0. The molecule has 68 valence electrons. The van der Waals surface area contributed by atoms with Gasteiger partial charge in [0.2, 0.25) is 0 Å². The van der Waals surface area contributed by atoms with Crippen molar-refractivity contribution < 1.29 is 4.74 Å². The van der Waals surface area contributed by atoms with Gasteiger partial charge in [0.15, 0.2) is 0 Å². The van der Waals surface area contributed by atoms with Gasteiger partial charge in [0.05, 0.1) is 6.61 Å². The van der Waals surface area contributed by atoms with Gasteiger partial charge in [0.25, 0.3) is 0 Å². The van der Waals surface area contributed by atoms with Gasteiger partial charge in [0.1, 0.15) is 6.23 Å². The molecule has 0 saturated heterocycles. The third kappa shape index (κ3) is 9.84. The number of hydrogen-bond acceptors (Lipinski definition) is 4. The van der Waals surface area contributed by atoms with Crippen molar-refractivity contribution >= 4 is 18.1 Å². The number of hydrogen-bond donors (Lipinski definition) is 3. The molecule has 5 heteroatoms. The molecule has 0 heterocycles. The summed E-state index contributed by atoms with van der Waals surface area (Å²) in [6.07, 6.45) is 0.126. The number of ether oxygens (including phenoxy) is 1. The minimum Gasteiger partial charge on any atom is -0.362 e. The number of halogens is 1. The van der Waals surface area contributed by atoms with Crippen LogP contribution in [0.5, 0.6) is 0 Å². The molecule has 0 spiro atoms. The molecule has 0 saturated carbocycles. The fourth-order valence-electron chi connectivity index (χ4n) is 0.580. The summed E-state index contributed by atoms with van der Waals surface area (Å²) in [5, 5.41) is 7.07. The highest BCUT2D eigenvalue weighted by Crippen LogP contribution is 1.90. The van der Waals surface area contributed by atoms with E-state index in [0.717, 1.165) is 0 Å². The zero-order chi connectivity index (χ0) is 7.98. The minimum absolute atomic E-state index is 0. The molecular formula is C6H16ClN3O. The highest BCUT2D eigenvalue weighted by Gasteiger charge is 2.01. The maximum Gasteiger partial charge on any atom is 0.110 e. The molecule has 0 aromatic rings. The molecule has 0 rings (SSSR count). The van der Waals surface area contributed by atoms with Crippen LogP contribution in [0.4, 0.5) is 0 Å². The van der Waals surface area contributed by atoms with Crippen molar-refractivity contribution in [3.05, 3.63) is 0 Å². The second kappa shape index (κ2) is 7.94. The Morgan fingerprint density at radius 1 is 1.64 bits per heavy atom. The number of rotatable bonds is 5. The van der Waals surface area contributed by atoms with Crippen molar-refractivity contribution in [1.29, 1.82) is 5.41 Å². The van der Waals surface area contributed by atoms with Crippen LogP contribution < -0.4 is 11.5 Å². The van der Waals surface area contributed by atoms with Crippen LogP contribution >= 0.6 is 12.4 Å². The Morgan fingerprint density at radius 3 is 2.55 bits per heavy atom. The molecule has 5 N–H and O–H groups in total. The Labute approximate surface area is 73.2 Å². The van der Waals surface area contributed by atoms with E-state index in [2.05, 4.69) is 0 Å². The van der Waals surface area contributed by atoms with Crippen LogP contribution in [0.25, 0.3) is 0 Å². The van der Waals surface area contributed by atoms with E-state index in [9.17, 15) is 0 Å². The largest absolute Gasteiger partial charge is 0.362 e. The van der Waals surface area contributed by atoms with E-state index in [4.69, 9.17) is 21.6 Å². The molecule has 0 fully saturated rings. The van der Waals surface area contributed by atoms with Crippen LogP contribution in [0.1, 0.15) is 13.3 Å². The lowest BCUT2D eigenvalue weighted by atomic mass is 10.3. The quantitative estimate of drug-likeness (QED) is 0.416. The first-order chi connectivity index (χ1) is 4.66. The average molecular weight is 182 g/mol. The maximum absolute atomic E-state index is 7.07. The Morgan fingerprint density at radius 2 is 2.18 bits per heavy atom. The van der Waals surface area contributed by atoms with E-state index in [1.54, 1.807) is 6.92 Å². The van der Waals surface area contributed by atoms with Crippen molar-refractivity contribution in [3.63, 3.8) is 0 Å². The first-order valence-corrected chi connectivity index (χ1v) is 3.28. The molecule has 0 aliphatic carbocycles. The second-order valence-corrected chi connectivity index (χ2v) is 2.18. The normalized spacial score (nSPS) is 11.9. The van der Waals surface area contributed by atoms with Crippen molar-refractivity contribution in [2.75, 3.05) is 13.2 Å². The fourth-order valence-corrected chi connectivity index (χ4v) is 0.580. The van der Waals surface area contributed by atoms with Gasteiger partial charge in [-0.2, -0.15) is 0 Å². The molecule has 1 unspecified atom stereocenters. The topological polar surface area (TPSA) is 85.1 Å². The molecule has 0 aliphatic heterocycles. The van der Waals surface area contributed by atoms with E-state index in [1.165, 1.54) is 0 Å². The van der Waals surface area contributed by atoms with Crippen LogP contribution in [0.15, 0.2) is 0 Å². The van der Waals surface area contributed by atoms with Gasteiger partial charge in [-0.25, -0.2) is 0 Å². The summed E-state index contributed by atoms with van der Waals surface area (Å²) in [6.45, 7) is 2.64. The van der Waals surface area contributed by atoms with Crippen molar-refractivity contribution in [3.8, 4) is 0 Å². The smallest absolute Gasteiger partial charge is 0.110 e. The van der Waals surface area contributed by atoms with Crippen LogP contribution in [0.2, 0.25) is 0 Å². The van der Waals surface area contributed by atoms with Crippen LogP contribution in [0, 0.1) is 5.41 Å². The summed E-state index contributed by atoms with van der Waals surface area (Å²) < 4.78 is 5.01. The molecule has 0 bridgehead atoms. The standard InChI is InChI=1S/C6H15N3O.ClH/c1-5(8)4-6(9)10-3-2-7;/h6,8H,2-4,7,9H2,1H3;1H. The highest BCUT2D eigenvalue weighted by atomic mass is 35.5. The van der Waals surface area contributed by atoms with E-state index < -0.39 is 0 Å². The minimum atomic E-state index is -0.360. The Hall–Kier alpha value is -0.160. The van der Waals surface area contributed by atoms with Crippen LogP contribution in [-0.4, -0.2) is 25.1 Å². The SMILES string of the molecule is CC(=N)CC(N)OCCN.Cl. The van der Waals surface area contributed by atoms with Gasteiger partial charge in [-0.15, -0.1) is 12.4 Å². The van der Waals surface area contributed by atoms with E-state index in [1.807, 2.05) is 0 Å². The summed E-state index contributed by atoms with van der Waals surface area (Å²) in [5.41, 5.74) is 11.1. The molecule has 0 aliphatic rings. The fraction of sp³-hybridized carbons (Fsp3) is 0.833. The molecule has 0 aromatic heterocycles. The van der Waals surface area contributed by atoms with E-state index in [0.29, 0.717) is 25.3 Å². The Kier molecular flexibility index (Phi) is 9.70. The zero-order valence-electron chi connectivity index (χ0n) is 6.67. The predicted molar refractivity (Wildman–Crippen MR) is 48.2 cm³/mol. The monoisotopic (exact) mass is 181 g/mol. The summed E-state index contributed by atoms with van der Waals surface area (Å²) in [6, 6.07) is 0. The van der Waals surface area contributed by atoms with Gasteiger partial charge in [0, 0.05) is 18.7 Å². The van der Waals surface area contributed by atoms with Crippen molar-refractivity contribution in [1.82, 2.24) is 0 Å². The molecule has 0 amide bonds. The highest BCUT2D eigenvalue weighted by molar-refractivity contribution is 5.85. The molecular weight excluding hydrogens is 166 g/mol. The van der Waals surface area contributed by atoms with Gasteiger partial charge in [-0.3, -0.25) is 0 Å². The lowest BCUT2D eigenvalue weighted by Gasteiger charge is -2.10. The average Bonchev–Trinajstić information content (AvgIpc) is 1.82. The van der Waals surface area contributed by atoms with Gasteiger partial charge in [-0.05, 0) is 6.92 Å². The van der Waals surface area contributed by atoms with E-state index >= 15 is 0 Å². The van der Waals surface area contributed by atoms with Gasteiger partial charge < -0.3 is 21.6 Å². The second-order valence-electron chi connectivity index (χ2n) is 2.18. The van der Waals surface area contributed by atoms with Gasteiger partial charge in [-0.1, -0.05) is 0 Å². The predicted octanol–water partition coefficient (Wildman–Crippen LogP) is 0.0981. The molecule has 0 aromatic carbocycles. The zero-order valence-corrected chi connectivity index (χ0v) is 7.49. The Bertz CT molecular complexity index is 110. The molecule has 0 radical (unpaired) electrons. The molecule has 1 atom stereocenters. The molecule has 11 heavy (non-hydrogen) atoms. The number of nitrogens with two attached hydrogens (primary N) is 2.